The molecule has 0 radical (unpaired) electrons. The van der Waals surface area contributed by atoms with Gasteiger partial charge in [0.2, 0.25) is 5.82 Å². The second-order valence-electron chi connectivity index (χ2n) is 6.55. The van der Waals surface area contributed by atoms with E-state index < -0.39 is 34.3 Å². The maximum absolute atomic E-state index is 13.5. The first kappa shape index (κ1) is 20.7. The van der Waals surface area contributed by atoms with Crippen molar-refractivity contribution in [2.75, 3.05) is 0 Å². The van der Waals surface area contributed by atoms with Gasteiger partial charge in [0.1, 0.15) is 6.04 Å². The predicted molar refractivity (Wildman–Crippen MR) is 108 cm³/mol. The standard InChI is InChI=1S/C22H17FN2O5/c23-18-11-6-14(13-20(18)25(29)30)12-19(22(27)28)24-21(26)17-9-7-16(8-10-17)15-4-2-1-3-5-15/h1-11,13,19H,12H2,(H,24,26)(H,27,28)/t19-/m0/s1. The van der Waals surface area contributed by atoms with Gasteiger partial charge in [-0.15, -0.1) is 0 Å². The molecule has 0 heterocycles. The smallest absolute Gasteiger partial charge is 0.326 e. The molecule has 0 saturated heterocycles. The Morgan fingerprint density at radius 3 is 2.23 bits per heavy atom. The zero-order chi connectivity index (χ0) is 21.7. The number of carboxylic acids is 1. The molecular weight excluding hydrogens is 391 g/mol. The van der Waals surface area contributed by atoms with Gasteiger partial charge in [-0.3, -0.25) is 14.9 Å². The third-order valence-electron chi connectivity index (χ3n) is 4.50. The molecular formula is C22H17FN2O5. The minimum absolute atomic E-state index is 0.218. The van der Waals surface area contributed by atoms with Crippen molar-refractivity contribution in [3.63, 3.8) is 0 Å². The predicted octanol–water partition coefficient (Wildman–Crippen LogP) is 3.83. The quantitative estimate of drug-likeness (QED) is 0.456. The number of nitrogens with one attached hydrogen (secondary N) is 1. The first-order valence-corrected chi connectivity index (χ1v) is 8.97. The van der Waals surface area contributed by atoms with Crippen LogP contribution in [0.2, 0.25) is 0 Å². The van der Waals surface area contributed by atoms with E-state index in [0.29, 0.717) is 0 Å². The fraction of sp³-hybridized carbons (Fsp3) is 0.0909. The molecule has 7 nitrogen and oxygen atoms in total. The minimum atomic E-state index is -1.34. The molecule has 0 aromatic heterocycles. The van der Waals surface area contributed by atoms with Crippen LogP contribution in [0.25, 0.3) is 11.1 Å². The van der Waals surface area contributed by atoms with Crippen molar-refractivity contribution in [2.24, 2.45) is 0 Å². The van der Waals surface area contributed by atoms with Crippen LogP contribution in [0.3, 0.4) is 0 Å². The molecule has 0 spiro atoms. The maximum Gasteiger partial charge on any atom is 0.326 e. The molecule has 0 fully saturated rings. The lowest BCUT2D eigenvalue weighted by atomic mass is 10.0. The van der Waals surface area contributed by atoms with Gasteiger partial charge in [0.05, 0.1) is 4.92 Å². The third-order valence-corrected chi connectivity index (χ3v) is 4.50. The van der Waals surface area contributed by atoms with Crippen molar-refractivity contribution in [2.45, 2.75) is 12.5 Å². The van der Waals surface area contributed by atoms with Crippen LogP contribution in [-0.2, 0) is 11.2 Å². The van der Waals surface area contributed by atoms with E-state index >= 15 is 0 Å². The number of nitro groups is 1. The number of aliphatic carboxylic acids is 1. The highest BCUT2D eigenvalue weighted by atomic mass is 19.1. The van der Waals surface area contributed by atoms with Crippen LogP contribution >= 0.6 is 0 Å². The first-order valence-electron chi connectivity index (χ1n) is 8.97. The lowest BCUT2D eigenvalue weighted by Crippen LogP contribution is -2.42. The molecule has 0 saturated carbocycles. The van der Waals surface area contributed by atoms with E-state index in [1.165, 1.54) is 6.07 Å². The van der Waals surface area contributed by atoms with E-state index in [9.17, 15) is 29.2 Å². The van der Waals surface area contributed by atoms with E-state index in [1.54, 1.807) is 24.3 Å². The number of hydrogen-bond acceptors (Lipinski definition) is 4. The number of carboxylic acid groups (broad SMARTS) is 1. The van der Waals surface area contributed by atoms with Crippen LogP contribution < -0.4 is 5.32 Å². The van der Waals surface area contributed by atoms with Crippen molar-refractivity contribution < 1.29 is 24.0 Å². The number of amides is 1. The third kappa shape index (κ3) is 4.85. The summed E-state index contributed by atoms with van der Waals surface area (Å²) in [5.41, 5.74) is 1.62. The van der Waals surface area contributed by atoms with Gasteiger partial charge >= 0.3 is 11.7 Å². The van der Waals surface area contributed by atoms with Gasteiger partial charge in [-0.2, -0.15) is 4.39 Å². The molecule has 0 aliphatic heterocycles. The Bertz CT molecular complexity index is 1080. The summed E-state index contributed by atoms with van der Waals surface area (Å²) < 4.78 is 13.5. The molecule has 0 aliphatic rings. The number of hydrogen-bond donors (Lipinski definition) is 2. The second kappa shape index (κ2) is 8.95. The Hall–Kier alpha value is -4.07. The van der Waals surface area contributed by atoms with Crippen LogP contribution in [0.15, 0.2) is 72.8 Å². The van der Waals surface area contributed by atoms with Gasteiger partial charge < -0.3 is 10.4 Å². The summed E-state index contributed by atoms with van der Waals surface area (Å²) in [5, 5.41) is 22.7. The van der Waals surface area contributed by atoms with Gasteiger partial charge in [-0.1, -0.05) is 48.5 Å². The van der Waals surface area contributed by atoms with Gasteiger partial charge in [0, 0.05) is 18.1 Å². The Kier molecular flexibility index (Phi) is 6.17. The van der Waals surface area contributed by atoms with E-state index in [-0.39, 0.29) is 17.5 Å². The number of benzene rings is 3. The Morgan fingerprint density at radius 2 is 1.63 bits per heavy atom. The topological polar surface area (TPSA) is 110 Å². The van der Waals surface area contributed by atoms with E-state index in [4.69, 9.17) is 0 Å². The number of halogens is 1. The van der Waals surface area contributed by atoms with Crippen LogP contribution in [0, 0.1) is 15.9 Å². The Balaban J connectivity index is 1.74. The van der Waals surface area contributed by atoms with Crippen LogP contribution in [0.1, 0.15) is 15.9 Å². The SMILES string of the molecule is O=C(N[C@@H](Cc1ccc(F)c([N+](=O)[O-])c1)C(=O)O)c1ccc(-c2ccccc2)cc1. The van der Waals surface area contributed by atoms with Gasteiger partial charge in [0.15, 0.2) is 0 Å². The van der Waals surface area contributed by atoms with Crippen LogP contribution in [-0.4, -0.2) is 27.9 Å². The zero-order valence-corrected chi connectivity index (χ0v) is 15.6. The summed E-state index contributed by atoms with van der Waals surface area (Å²) in [4.78, 5) is 34.0. The van der Waals surface area contributed by atoms with Crippen molar-refractivity contribution in [3.05, 3.63) is 99.9 Å². The molecule has 3 aromatic rings. The molecule has 0 bridgehead atoms. The van der Waals surface area contributed by atoms with Gasteiger partial charge in [-0.05, 0) is 34.9 Å². The number of nitro benzene ring substituents is 1. The molecule has 3 rings (SSSR count). The van der Waals surface area contributed by atoms with Crippen molar-refractivity contribution in [3.8, 4) is 11.1 Å². The molecule has 3 aromatic carbocycles. The van der Waals surface area contributed by atoms with Crippen LogP contribution in [0.4, 0.5) is 10.1 Å². The van der Waals surface area contributed by atoms with Crippen molar-refractivity contribution >= 4 is 17.6 Å². The Labute approximate surface area is 170 Å². The number of carbonyl (C=O) groups is 2. The Morgan fingerprint density at radius 1 is 1.00 bits per heavy atom. The monoisotopic (exact) mass is 408 g/mol. The number of rotatable bonds is 7. The largest absolute Gasteiger partial charge is 0.480 e. The summed E-state index contributed by atoms with van der Waals surface area (Å²) in [6, 6.07) is 18.0. The van der Waals surface area contributed by atoms with E-state index in [2.05, 4.69) is 5.32 Å². The molecule has 152 valence electrons. The molecule has 1 atom stereocenters. The molecule has 8 heteroatoms. The molecule has 30 heavy (non-hydrogen) atoms. The lowest BCUT2D eigenvalue weighted by molar-refractivity contribution is -0.387. The first-order chi connectivity index (χ1) is 14.3. The highest BCUT2D eigenvalue weighted by Gasteiger charge is 2.23. The van der Waals surface area contributed by atoms with Gasteiger partial charge in [-0.25, -0.2) is 4.79 Å². The molecule has 0 unspecified atom stereocenters. The zero-order valence-electron chi connectivity index (χ0n) is 15.6. The summed E-state index contributed by atoms with van der Waals surface area (Å²) in [6.45, 7) is 0. The van der Waals surface area contributed by atoms with Crippen molar-refractivity contribution in [1.29, 1.82) is 0 Å². The highest BCUT2D eigenvalue weighted by Crippen LogP contribution is 2.21. The molecule has 1 amide bonds. The number of nitrogens with zero attached hydrogens (tertiary/aromatic N) is 1. The van der Waals surface area contributed by atoms with Crippen molar-refractivity contribution in [1.82, 2.24) is 5.32 Å². The lowest BCUT2D eigenvalue weighted by Gasteiger charge is -2.15. The van der Waals surface area contributed by atoms with Crippen LogP contribution in [0.5, 0.6) is 0 Å². The normalized spacial score (nSPS) is 11.5. The van der Waals surface area contributed by atoms with E-state index in [0.717, 1.165) is 23.3 Å². The van der Waals surface area contributed by atoms with E-state index in [1.807, 2.05) is 30.3 Å². The minimum Gasteiger partial charge on any atom is -0.480 e. The summed E-state index contributed by atoms with van der Waals surface area (Å²) in [6.07, 6.45) is -0.232. The number of carbonyl (C=O) groups excluding carboxylic acids is 1. The summed E-state index contributed by atoms with van der Waals surface area (Å²) in [5.74, 6) is -2.92. The molecule has 2 N–H and O–H groups in total. The van der Waals surface area contributed by atoms with Gasteiger partial charge in [0.25, 0.3) is 5.91 Å². The average molecular weight is 408 g/mol. The summed E-state index contributed by atoms with van der Waals surface area (Å²) >= 11 is 0. The summed E-state index contributed by atoms with van der Waals surface area (Å²) in [7, 11) is 0. The highest BCUT2D eigenvalue weighted by molar-refractivity contribution is 5.97. The average Bonchev–Trinajstić information content (AvgIpc) is 2.75. The second-order valence-corrected chi connectivity index (χ2v) is 6.55. The molecule has 0 aliphatic carbocycles. The fourth-order valence-electron chi connectivity index (χ4n) is 2.95. The maximum atomic E-state index is 13.5. The fourth-order valence-corrected chi connectivity index (χ4v) is 2.95.